The zero-order chi connectivity index (χ0) is 13.2. The highest BCUT2D eigenvalue weighted by Gasteiger charge is 2.44. The Balaban J connectivity index is 2.92. The van der Waals surface area contributed by atoms with Gasteiger partial charge in [-0.05, 0) is 0 Å². The molecule has 17 heavy (non-hydrogen) atoms. The maximum Gasteiger partial charge on any atom is 0.237 e. The summed E-state index contributed by atoms with van der Waals surface area (Å²) in [7, 11) is 0. The summed E-state index contributed by atoms with van der Waals surface area (Å²) in [5.74, 6) is -0.832. The molecule has 1 saturated heterocycles. The van der Waals surface area contributed by atoms with Crippen molar-refractivity contribution in [1.29, 1.82) is 0 Å². The summed E-state index contributed by atoms with van der Waals surface area (Å²) in [5.41, 5.74) is 5.07. The summed E-state index contributed by atoms with van der Waals surface area (Å²) >= 11 is 0. The van der Waals surface area contributed by atoms with Gasteiger partial charge in [0.2, 0.25) is 5.91 Å². The molecule has 7 N–H and O–H groups in total. The number of hydrogen-bond donors (Lipinski definition) is 6. The summed E-state index contributed by atoms with van der Waals surface area (Å²) in [6.07, 6.45) is -4.10. The van der Waals surface area contributed by atoms with E-state index >= 15 is 0 Å². The van der Waals surface area contributed by atoms with Crippen LogP contribution in [-0.2, 0) is 4.79 Å². The number of amides is 1. The van der Waals surface area contributed by atoms with E-state index in [1.54, 1.807) is 0 Å². The van der Waals surface area contributed by atoms with Crippen LogP contribution in [0.4, 0.5) is 0 Å². The maximum absolute atomic E-state index is 11.1. The monoisotopic (exact) mass is 250 g/mol. The molecule has 100 valence electrons. The molecule has 1 amide bonds. The minimum atomic E-state index is -1.42. The molecule has 0 saturated carbocycles. The fourth-order valence-electron chi connectivity index (χ4n) is 2.04. The van der Waals surface area contributed by atoms with Crippen molar-refractivity contribution in [3.05, 3.63) is 0 Å². The third-order valence-corrected chi connectivity index (χ3v) is 3.05. The Bertz CT molecular complexity index is 276. The van der Waals surface area contributed by atoms with Gasteiger partial charge in [0.25, 0.3) is 0 Å². The van der Waals surface area contributed by atoms with Crippen LogP contribution in [0.5, 0.6) is 0 Å². The average Bonchev–Trinajstić information content (AvgIpc) is 2.27. The SMILES string of the molecule is NC(=O)[C@H](CO)N1CC(O)[C@@H](O)C(O)[C@H]1CO. The first kappa shape index (κ1) is 14.3. The zero-order valence-electron chi connectivity index (χ0n) is 9.18. The van der Waals surface area contributed by atoms with Gasteiger partial charge in [-0.3, -0.25) is 9.69 Å². The Hall–Kier alpha value is -0.770. The molecule has 8 heteroatoms. The summed E-state index contributed by atoms with van der Waals surface area (Å²) < 4.78 is 0. The number of aliphatic hydroxyl groups is 5. The predicted octanol–water partition coefficient (Wildman–Crippen LogP) is -4.41. The topological polar surface area (TPSA) is 147 Å². The fourth-order valence-corrected chi connectivity index (χ4v) is 2.04. The molecule has 1 aliphatic heterocycles. The Morgan fingerprint density at radius 3 is 2.29 bits per heavy atom. The number of β-amino-alcohol motifs (C(OH)–C–C–N with tert-alkyl or cyclic N) is 1. The van der Waals surface area contributed by atoms with E-state index < -0.39 is 49.5 Å². The first-order chi connectivity index (χ1) is 7.93. The number of carbonyl (C=O) groups is 1. The van der Waals surface area contributed by atoms with Gasteiger partial charge in [0.1, 0.15) is 18.2 Å². The quantitative estimate of drug-likeness (QED) is 0.295. The number of likely N-dealkylation sites (tertiary alicyclic amines) is 1. The minimum absolute atomic E-state index is 0.169. The normalized spacial score (nSPS) is 36.8. The molecule has 0 spiro atoms. The molecule has 8 nitrogen and oxygen atoms in total. The Labute approximate surface area is 97.9 Å². The van der Waals surface area contributed by atoms with Crippen LogP contribution in [0.25, 0.3) is 0 Å². The Morgan fingerprint density at radius 1 is 1.29 bits per heavy atom. The van der Waals surface area contributed by atoms with Crippen molar-refractivity contribution in [3.63, 3.8) is 0 Å². The zero-order valence-corrected chi connectivity index (χ0v) is 9.18. The molecule has 2 unspecified atom stereocenters. The van der Waals surface area contributed by atoms with E-state index in [0.717, 1.165) is 0 Å². The van der Waals surface area contributed by atoms with Crippen LogP contribution >= 0.6 is 0 Å². The number of nitrogens with zero attached hydrogens (tertiary/aromatic N) is 1. The van der Waals surface area contributed by atoms with E-state index in [1.807, 2.05) is 0 Å². The van der Waals surface area contributed by atoms with Crippen LogP contribution in [0.15, 0.2) is 0 Å². The van der Waals surface area contributed by atoms with Gasteiger partial charge < -0.3 is 31.3 Å². The van der Waals surface area contributed by atoms with E-state index in [4.69, 9.17) is 15.9 Å². The van der Waals surface area contributed by atoms with Crippen molar-refractivity contribution in [2.75, 3.05) is 19.8 Å². The molecule has 0 radical (unpaired) electrons. The average molecular weight is 250 g/mol. The number of primary amides is 1. The molecule has 5 atom stereocenters. The molecule has 1 fully saturated rings. The van der Waals surface area contributed by atoms with Crippen LogP contribution in [0.2, 0.25) is 0 Å². The maximum atomic E-state index is 11.1. The largest absolute Gasteiger partial charge is 0.395 e. The first-order valence-corrected chi connectivity index (χ1v) is 5.25. The van der Waals surface area contributed by atoms with Crippen molar-refractivity contribution in [2.24, 2.45) is 5.73 Å². The molecule has 1 heterocycles. The van der Waals surface area contributed by atoms with Gasteiger partial charge in [-0.2, -0.15) is 0 Å². The number of hydrogen-bond acceptors (Lipinski definition) is 7. The number of aliphatic hydroxyl groups excluding tert-OH is 5. The Kier molecular flexibility index (Phi) is 4.80. The second kappa shape index (κ2) is 5.71. The van der Waals surface area contributed by atoms with Gasteiger partial charge in [-0.25, -0.2) is 0 Å². The van der Waals surface area contributed by atoms with Crippen molar-refractivity contribution in [3.8, 4) is 0 Å². The molecule has 0 aromatic rings. The third kappa shape index (κ3) is 2.73. The number of rotatable bonds is 4. The van der Waals surface area contributed by atoms with Crippen LogP contribution in [-0.4, -0.2) is 86.5 Å². The van der Waals surface area contributed by atoms with Gasteiger partial charge in [0.05, 0.1) is 25.4 Å². The lowest BCUT2D eigenvalue weighted by atomic mass is 9.92. The predicted molar refractivity (Wildman–Crippen MR) is 55.7 cm³/mol. The summed E-state index contributed by atoms with van der Waals surface area (Å²) in [6, 6.07) is -2.08. The highest BCUT2D eigenvalue weighted by atomic mass is 16.4. The van der Waals surface area contributed by atoms with Gasteiger partial charge in [-0.15, -0.1) is 0 Å². The van der Waals surface area contributed by atoms with Gasteiger partial charge >= 0.3 is 0 Å². The standard InChI is InChI=1S/C9H18N2O6/c10-9(17)5(3-13)11-1-6(14)8(16)7(15)4(11)2-12/h4-8,12-16H,1-3H2,(H2,10,17)/t4-,5+,6?,7?,8-/m1/s1. The lowest BCUT2D eigenvalue weighted by molar-refractivity contribution is -0.162. The van der Waals surface area contributed by atoms with Gasteiger partial charge in [0, 0.05) is 6.54 Å². The number of carbonyl (C=O) groups excluding carboxylic acids is 1. The van der Waals surface area contributed by atoms with E-state index in [-0.39, 0.29) is 6.54 Å². The highest BCUT2D eigenvalue weighted by Crippen LogP contribution is 2.21. The second-order valence-electron chi connectivity index (χ2n) is 4.10. The summed E-state index contributed by atoms with van der Waals surface area (Å²) in [5, 5.41) is 46.8. The van der Waals surface area contributed by atoms with E-state index in [1.165, 1.54) is 4.90 Å². The second-order valence-corrected chi connectivity index (χ2v) is 4.10. The first-order valence-electron chi connectivity index (χ1n) is 5.25. The van der Waals surface area contributed by atoms with Crippen LogP contribution in [0, 0.1) is 0 Å². The highest BCUT2D eigenvalue weighted by molar-refractivity contribution is 5.80. The van der Waals surface area contributed by atoms with Crippen LogP contribution in [0.3, 0.4) is 0 Å². The molecular weight excluding hydrogens is 232 g/mol. The van der Waals surface area contributed by atoms with Crippen LogP contribution < -0.4 is 5.73 Å². The number of piperidine rings is 1. The van der Waals surface area contributed by atoms with Crippen molar-refractivity contribution >= 4 is 5.91 Å². The van der Waals surface area contributed by atoms with E-state index in [9.17, 15) is 20.1 Å². The lowest BCUT2D eigenvalue weighted by Gasteiger charge is -2.45. The molecule has 0 aromatic carbocycles. The fraction of sp³-hybridized carbons (Fsp3) is 0.889. The molecule has 0 aromatic heterocycles. The lowest BCUT2D eigenvalue weighted by Crippen LogP contribution is -2.67. The van der Waals surface area contributed by atoms with E-state index in [0.29, 0.717) is 0 Å². The van der Waals surface area contributed by atoms with Gasteiger partial charge in [-0.1, -0.05) is 0 Å². The van der Waals surface area contributed by atoms with Crippen molar-refractivity contribution in [2.45, 2.75) is 30.4 Å². The molecule has 0 bridgehead atoms. The molecule has 1 rings (SSSR count). The Morgan fingerprint density at radius 2 is 1.88 bits per heavy atom. The molecule has 1 aliphatic rings. The van der Waals surface area contributed by atoms with E-state index in [2.05, 4.69) is 0 Å². The van der Waals surface area contributed by atoms with Gasteiger partial charge in [0.15, 0.2) is 0 Å². The summed E-state index contributed by atoms with van der Waals surface area (Å²) in [4.78, 5) is 12.3. The third-order valence-electron chi connectivity index (χ3n) is 3.05. The van der Waals surface area contributed by atoms with Crippen molar-refractivity contribution < 1.29 is 30.3 Å². The number of nitrogens with two attached hydrogens (primary N) is 1. The minimum Gasteiger partial charge on any atom is -0.395 e. The molecular formula is C9H18N2O6. The van der Waals surface area contributed by atoms with Crippen molar-refractivity contribution in [1.82, 2.24) is 4.90 Å². The smallest absolute Gasteiger partial charge is 0.237 e. The van der Waals surface area contributed by atoms with Crippen LogP contribution in [0.1, 0.15) is 0 Å². The summed E-state index contributed by atoms with van der Waals surface area (Å²) in [6.45, 7) is -1.30. The molecule has 0 aliphatic carbocycles.